The number of nitrogens with zero attached hydrogens (tertiary/aromatic N) is 2. The first-order valence-corrected chi connectivity index (χ1v) is 6.65. The second kappa shape index (κ2) is 6.78. The molecule has 0 fully saturated rings. The number of aromatic nitrogens is 2. The normalized spacial score (nSPS) is 10.2. The predicted molar refractivity (Wildman–Crippen MR) is 79.3 cm³/mol. The van der Waals surface area contributed by atoms with Crippen LogP contribution in [0.4, 0.5) is 0 Å². The molecule has 1 aromatic carbocycles. The number of benzene rings is 1. The zero-order valence-corrected chi connectivity index (χ0v) is 11.8. The number of rotatable bonds is 4. The van der Waals surface area contributed by atoms with Gasteiger partial charge in [-0.05, 0) is 38.1 Å². The van der Waals surface area contributed by atoms with Gasteiger partial charge in [0.05, 0.1) is 12.2 Å². The van der Waals surface area contributed by atoms with E-state index in [-0.39, 0.29) is 0 Å². The van der Waals surface area contributed by atoms with Crippen molar-refractivity contribution < 1.29 is 4.74 Å². The molecular weight excluding hydrogens is 250 g/mol. The van der Waals surface area contributed by atoms with Gasteiger partial charge >= 0.3 is 0 Å². The molecule has 0 unspecified atom stereocenters. The minimum Gasteiger partial charge on any atom is -0.487 e. The van der Waals surface area contributed by atoms with Crippen LogP contribution in [-0.4, -0.2) is 16.3 Å². The Morgan fingerprint density at radius 2 is 2.20 bits per heavy atom. The molecule has 0 atom stereocenters. The average molecular weight is 269 g/mol. The van der Waals surface area contributed by atoms with E-state index in [0.29, 0.717) is 19.2 Å². The molecule has 2 rings (SSSR count). The molecular formula is C16H19N3O. The maximum absolute atomic E-state index is 5.73. The first-order valence-electron chi connectivity index (χ1n) is 6.65. The first-order chi connectivity index (χ1) is 9.69. The smallest absolute Gasteiger partial charge is 0.132 e. The third-order valence-corrected chi connectivity index (χ3v) is 2.75. The van der Waals surface area contributed by atoms with Crippen LogP contribution < -0.4 is 10.5 Å². The molecule has 0 saturated heterocycles. The highest BCUT2D eigenvalue weighted by atomic mass is 16.5. The quantitative estimate of drug-likeness (QED) is 0.867. The third kappa shape index (κ3) is 3.87. The minimum absolute atomic E-state index is 0.359. The topological polar surface area (TPSA) is 53.1 Å². The second-order valence-corrected chi connectivity index (χ2v) is 4.70. The summed E-state index contributed by atoms with van der Waals surface area (Å²) in [5.74, 6) is 6.60. The minimum atomic E-state index is 0.359. The van der Waals surface area contributed by atoms with Crippen LogP contribution in [0, 0.1) is 11.8 Å². The van der Waals surface area contributed by atoms with Gasteiger partial charge in [-0.3, -0.25) is 4.68 Å². The van der Waals surface area contributed by atoms with E-state index in [2.05, 4.69) is 30.8 Å². The number of nitrogens with two attached hydrogens (primary N) is 1. The van der Waals surface area contributed by atoms with E-state index in [0.717, 1.165) is 17.0 Å². The molecule has 0 aliphatic heterocycles. The van der Waals surface area contributed by atoms with E-state index in [1.165, 1.54) is 0 Å². The lowest BCUT2D eigenvalue weighted by atomic mass is 10.2. The standard InChI is InChI=1S/C16H19N3O/c1-13(2)19-10-8-15(18-19)12-20-16-7-3-5-14(11-16)6-4-9-17/h3,5,7-8,10-11,13H,9,12,17H2,1-2H3. The fourth-order valence-corrected chi connectivity index (χ4v) is 1.72. The summed E-state index contributed by atoms with van der Waals surface area (Å²) in [5.41, 5.74) is 7.18. The monoisotopic (exact) mass is 269 g/mol. The molecule has 104 valence electrons. The predicted octanol–water partition coefficient (Wildman–Crippen LogP) is 2.35. The van der Waals surface area contributed by atoms with Gasteiger partial charge in [0, 0.05) is 17.8 Å². The van der Waals surface area contributed by atoms with Crippen LogP contribution in [0.5, 0.6) is 5.75 Å². The van der Waals surface area contributed by atoms with Gasteiger partial charge in [0.1, 0.15) is 12.4 Å². The molecule has 0 spiro atoms. The molecule has 0 saturated carbocycles. The van der Waals surface area contributed by atoms with Crippen molar-refractivity contribution in [2.24, 2.45) is 5.73 Å². The van der Waals surface area contributed by atoms with E-state index in [9.17, 15) is 0 Å². The summed E-state index contributed by atoms with van der Waals surface area (Å²) in [6.07, 6.45) is 1.96. The van der Waals surface area contributed by atoms with Crippen molar-refractivity contribution in [1.82, 2.24) is 9.78 Å². The van der Waals surface area contributed by atoms with Crippen LogP contribution in [0.3, 0.4) is 0 Å². The molecule has 2 aromatic rings. The summed E-state index contributed by atoms with van der Waals surface area (Å²) in [7, 11) is 0. The molecule has 0 radical (unpaired) electrons. The second-order valence-electron chi connectivity index (χ2n) is 4.70. The van der Waals surface area contributed by atoms with Crippen molar-refractivity contribution in [2.45, 2.75) is 26.5 Å². The van der Waals surface area contributed by atoms with E-state index >= 15 is 0 Å². The third-order valence-electron chi connectivity index (χ3n) is 2.75. The Hall–Kier alpha value is -2.25. The molecule has 20 heavy (non-hydrogen) atoms. The summed E-state index contributed by atoms with van der Waals surface area (Å²) >= 11 is 0. The van der Waals surface area contributed by atoms with E-state index in [4.69, 9.17) is 10.5 Å². The van der Waals surface area contributed by atoms with E-state index in [1.807, 2.05) is 41.2 Å². The molecule has 0 aliphatic carbocycles. The summed E-state index contributed by atoms with van der Waals surface area (Å²) in [6, 6.07) is 10.00. The van der Waals surface area contributed by atoms with Crippen LogP contribution in [0.2, 0.25) is 0 Å². The molecule has 1 aromatic heterocycles. The molecule has 4 heteroatoms. The molecule has 0 bridgehead atoms. The SMILES string of the molecule is CC(C)n1ccc(COc2cccc(C#CCN)c2)n1. The van der Waals surface area contributed by atoms with E-state index in [1.54, 1.807) is 0 Å². The van der Waals surface area contributed by atoms with Crippen LogP contribution in [0.1, 0.15) is 31.1 Å². The fraction of sp³-hybridized carbons (Fsp3) is 0.312. The fourth-order valence-electron chi connectivity index (χ4n) is 1.72. The van der Waals surface area contributed by atoms with Crippen molar-refractivity contribution in [3.05, 3.63) is 47.8 Å². The van der Waals surface area contributed by atoms with Crippen molar-refractivity contribution in [1.29, 1.82) is 0 Å². The van der Waals surface area contributed by atoms with Crippen LogP contribution in [0.25, 0.3) is 0 Å². The average Bonchev–Trinajstić information content (AvgIpc) is 2.92. The van der Waals surface area contributed by atoms with Gasteiger partial charge < -0.3 is 10.5 Å². The highest BCUT2D eigenvalue weighted by Crippen LogP contribution is 2.14. The van der Waals surface area contributed by atoms with Crippen molar-refractivity contribution in [3.63, 3.8) is 0 Å². The van der Waals surface area contributed by atoms with Gasteiger partial charge in [0.2, 0.25) is 0 Å². The Morgan fingerprint density at radius 1 is 1.35 bits per heavy atom. The number of ether oxygens (including phenoxy) is 1. The Bertz CT molecular complexity index is 620. The van der Waals surface area contributed by atoms with E-state index < -0.39 is 0 Å². The summed E-state index contributed by atoms with van der Waals surface area (Å²) in [5, 5.41) is 4.44. The van der Waals surface area contributed by atoms with Gasteiger partial charge in [0.25, 0.3) is 0 Å². The molecule has 4 nitrogen and oxygen atoms in total. The lowest BCUT2D eigenvalue weighted by molar-refractivity contribution is 0.298. The van der Waals surface area contributed by atoms with Crippen molar-refractivity contribution >= 4 is 0 Å². The Labute approximate surface area is 119 Å². The van der Waals surface area contributed by atoms with Gasteiger partial charge in [-0.2, -0.15) is 5.10 Å². The Balaban J connectivity index is 1.99. The lowest BCUT2D eigenvalue weighted by Crippen LogP contribution is -2.03. The summed E-state index contributed by atoms with van der Waals surface area (Å²) < 4.78 is 7.65. The highest BCUT2D eigenvalue weighted by molar-refractivity contribution is 5.39. The largest absolute Gasteiger partial charge is 0.487 e. The Morgan fingerprint density at radius 3 is 2.90 bits per heavy atom. The maximum Gasteiger partial charge on any atom is 0.132 e. The lowest BCUT2D eigenvalue weighted by Gasteiger charge is -2.06. The van der Waals surface area contributed by atoms with Crippen molar-refractivity contribution in [2.75, 3.05) is 6.54 Å². The van der Waals surface area contributed by atoms with Crippen LogP contribution >= 0.6 is 0 Å². The number of hydrogen-bond acceptors (Lipinski definition) is 3. The summed E-state index contributed by atoms with van der Waals surface area (Å²) in [4.78, 5) is 0. The highest BCUT2D eigenvalue weighted by Gasteiger charge is 2.03. The zero-order chi connectivity index (χ0) is 14.4. The van der Waals surface area contributed by atoms with Gasteiger partial charge in [-0.1, -0.05) is 17.9 Å². The molecule has 2 N–H and O–H groups in total. The molecule has 1 heterocycles. The first kappa shape index (κ1) is 14.2. The van der Waals surface area contributed by atoms with Gasteiger partial charge in [-0.25, -0.2) is 0 Å². The van der Waals surface area contributed by atoms with Crippen molar-refractivity contribution in [3.8, 4) is 17.6 Å². The summed E-state index contributed by atoms with van der Waals surface area (Å²) in [6.45, 7) is 5.00. The maximum atomic E-state index is 5.73. The van der Waals surface area contributed by atoms with Gasteiger partial charge in [0.15, 0.2) is 0 Å². The zero-order valence-electron chi connectivity index (χ0n) is 11.8. The Kier molecular flexibility index (Phi) is 4.80. The molecule has 0 aliphatic rings. The van der Waals surface area contributed by atoms with Gasteiger partial charge in [-0.15, -0.1) is 0 Å². The number of hydrogen-bond donors (Lipinski definition) is 1. The van der Waals surface area contributed by atoms with Crippen LogP contribution in [0.15, 0.2) is 36.5 Å². The van der Waals surface area contributed by atoms with Crippen LogP contribution in [-0.2, 0) is 6.61 Å². The molecule has 0 amide bonds.